The van der Waals surface area contributed by atoms with E-state index in [2.05, 4.69) is 15.3 Å². The summed E-state index contributed by atoms with van der Waals surface area (Å²) in [5.41, 5.74) is 5.71. The molecule has 1 aromatic rings. The van der Waals surface area contributed by atoms with E-state index in [1.807, 2.05) is 11.8 Å². The van der Waals surface area contributed by atoms with Crippen molar-refractivity contribution in [2.24, 2.45) is 5.92 Å². The maximum absolute atomic E-state index is 11.7. The van der Waals surface area contributed by atoms with Crippen molar-refractivity contribution in [3.63, 3.8) is 0 Å². The van der Waals surface area contributed by atoms with Crippen molar-refractivity contribution in [2.45, 2.75) is 6.42 Å². The summed E-state index contributed by atoms with van der Waals surface area (Å²) in [6, 6.07) is 0. The lowest BCUT2D eigenvalue weighted by Gasteiger charge is -2.09. The van der Waals surface area contributed by atoms with Crippen LogP contribution in [0.4, 0.5) is 5.82 Å². The first-order valence-corrected chi connectivity index (χ1v) is 6.34. The summed E-state index contributed by atoms with van der Waals surface area (Å²) in [7, 11) is 0. The SMILES string of the molecule is Nc1cnc(C(=O)NCC2CCSC2)cn1. The standard InChI is InChI=1S/C10H14N4OS/c11-9-5-12-8(4-13-9)10(15)14-3-7-1-2-16-6-7/h4-5,7H,1-3,6H2,(H2,11,13)(H,14,15). The molecular weight excluding hydrogens is 224 g/mol. The van der Waals surface area contributed by atoms with Crippen molar-refractivity contribution in [3.8, 4) is 0 Å². The van der Waals surface area contributed by atoms with E-state index in [0.29, 0.717) is 17.4 Å². The van der Waals surface area contributed by atoms with Gasteiger partial charge in [-0.15, -0.1) is 0 Å². The molecule has 1 aromatic heterocycles. The molecule has 1 aliphatic rings. The number of nitrogens with two attached hydrogens (primary N) is 1. The molecule has 1 unspecified atom stereocenters. The lowest BCUT2D eigenvalue weighted by Crippen LogP contribution is -2.30. The predicted molar refractivity (Wildman–Crippen MR) is 64.2 cm³/mol. The predicted octanol–water partition coefficient (Wildman–Crippen LogP) is 0.542. The van der Waals surface area contributed by atoms with E-state index in [1.54, 1.807) is 0 Å². The number of hydrogen-bond acceptors (Lipinski definition) is 5. The van der Waals surface area contributed by atoms with Crippen LogP contribution in [0.2, 0.25) is 0 Å². The van der Waals surface area contributed by atoms with Gasteiger partial charge in [-0.2, -0.15) is 11.8 Å². The molecule has 0 saturated carbocycles. The Morgan fingerprint density at radius 1 is 1.56 bits per heavy atom. The molecule has 0 bridgehead atoms. The molecule has 5 nitrogen and oxygen atoms in total. The molecule has 6 heteroatoms. The van der Waals surface area contributed by atoms with Crippen molar-refractivity contribution in [3.05, 3.63) is 18.1 Å². The average molecular weight is 238 g/mol. The molecule has 1 fully saturated rings. The Morgan fingerprint density at radius 3 is 3.06 bits per heavy atom. The number of aromatic nitrogens is 2. The van der Waals surface area contributed by atoms with Crippen LogP contribution in [0.5, 0.6) is 0 Å². The molecule has 0 aliphatic carbocycles. The highest BCUT2D eigenvalue weighted by Gasteiger charge is 2.16. The van der Waals surface area contributed by atoms with Crippen molar-refractivity contribution < 1.29 is 4.79 Å². The zero-order valence-electron chi connectivity index (χ0n) is 8.85. The summed E-state index contributed by atoms with van der Waals surface area (Å²) in [6.45, 7) is 0.720. The quantitative estimate of drug-likeness (QED) is 0.803. The number of thioether (sulfide) groups is 1. The van der Waals surface area contributed by atoms with Crippen LogP contribution in [0.25, 0.3) is 0 Å². The summed E-state index contributed by atoms with van der Waals surface area (Å²) in [5, 5.41) is 2.86. The average Bonchev–Trinajstić information content (AvgIpc) is 2.80. The lowest BCUT2D eigenvalue weighted by atomic mass is 10.1. The Kier molecular flexibility index (Phi) is 3.61. The molecule has 3 N–H and O–H groups in total. The largest absolute Gasteiger partial charge is 0.382 e. The highest BCUT2D eigenvalue weighted by Crippen LogP contribution is 2.22. The maximum atomic E-state index is 11.7. The Labute approximate surface area is 98.2 Å². The Bertz CT molecular complexity index is 362. The second-order valence-corrected chi connectivity index (χ2v) is 4.92. The fourth-order valence-electron chi connectivity index (χ4n) is 1.53. The molecule has 2 heterocycles. The third-order valence-corrected chi connectivity index (χ3v) is 3.71. The van der Waals surface area contributed by atoms with Gasteiger partial charge in [0, 0.05) is 6.54 Å². The number of carbonyl (C=O) groups excluding carboxylic acids is 1. The van der Waals surface area contributed by atoms with Crippen LogP contribution >= 0.6 is 11.8 Å². The highest BCUT2D eigenvalue weighted by molar-refractivity contribution is 7.99. The molecule has 1 saturated heterocycles. The first-order chi connectivity index (χ1) is 7.75. The summed E-state index contributed by atoms with van der Waals surface area (Å²) in [5.74, 6) is 3.07. The van der Waals surface area contributed by atoms with E-state index in [4.69, 9.17) is 5.73 Å². The van der Waals surface area contributed by atoms with Gasteiger partial charge < -0.3 is 11.1 Å². The number of hydrogen-bond donors (Lipinski definition) is 2. The zero-order valence-corrected chi connectivity index (χ0v) is 9.67. The Hall–Kier alpha value is -1.30. The monoisotopic (exact) mass is 238 g/mol. The Balaban J connectivity index is 1.85. The smallest absolute Gasteiger partial charge is 0.271 e. The van der Waals surface area contributed by atoms with E-state index in [0.717, 1.165) is 12.3 Å². The second kappa shape index (κ2) is 5.16. The number of carbonyl (C=O) groups is 1. The van der Waals surface area contributed by atoms with Crippen LogP contribution < -0.4 is 11.1 Å². The Morgan fingerprint density at radius 2 is 2.44 bits per heavy atom. The van der Waals surface area contributed by atoms with Crippen LogP contribution in [0.3, 0.4) is 0 Å². The molecule has 0 aromatic carbocycles. The van der Waals surface area contributed by atoms with Gasteiger partial charge in [-0.25, -0.2) is 9.97 Å². The minimum absolute atomic E-state index is 0.176. The van der Waals surface area contributed by atoms with E-state index in [-0.39, 0.29) is 5.91 Å². The number of nitrogen functional groups attached to an aromatic ring is 1. The third-order valence-electron chi connectivity index (χ3n) is 2.48. The highest BCUT2D eigenvalue weighted by atomic mass is 32.2. The van der Waals surface area contributed by atoms with Crippen molar-refractivity contribution >= 4 is 23.5 Å². The van der Waals surface area contributed by atoms with Gasteiger partial charge in [0.05, 0.1) is 12.4 Å². The summed E-state index contributed by atoms with van der Waals surface area (Å²) in [4.78, 5) is 19.4. The minimum Gasteiger partial charge on any atom is -0.382 e. The molecule has 2 rings (SSSR count). The van der Waals surface area contributed by atoms with Crippen molar-refractivity contribution in [2.75, 3.05) is 23.8 Å². The first-order valence-electron chi connectivity index (χ1n) is 5.19. The van der Waals surface area contributed by atoms with Gasteiger partial charge in [-0.05, 0) is 23.8 Å². The van der Waals surface area contributed by atoms with Crippen molar-refractivity contribution in [1.29, 1.82) is 0 Å². The third kappa shape index (κ3) is 2.85. The molecule has 1 aliphatic heterocycles. The zero-order chi connectivity index (χ0) is 11.4. The molecule has 0 spiro atoms. The summed E-state index contributed by atoms with van der Waals surface area (Å²) >= 11 is 1.94. The van der Waals surface area contributed by atoms with Gasteiger partial charge in [0.25, 0.3) is 5.91 Å². The van der Waals surface area contributed by atoms with Gasteiger partial charge in [0.15, 0.2) is 0 Å². The second-order valence-electron chi connectivity index (χ2n) is 3.77. The molecule has 1 atom stereocenters. The molecule has 16 heavy (non-hydrogen) atoms. The van der Waals surface area contributed by atoms with Gasteiger partial charge in [0.2, 0.25) is 0 Å². The number of nitrogens with zero attached hydrogens (tertiary/aromatic N) is 2. The number of amides is 1. The molecule has 86 valence electrons. The van der Waals surface area contributed by atoms with Gasteiger partial charge in [-0.3, -0.25) is 4.79 Å². The number of anilines is 1. The fourth-order valence-corrected chi connectivity index (χ4v) is 2.81. The van der Waals surface area contributed by atoms with Crippen LogP contribution in [0.1, 0.15) is 16.9 Å². The first kappa shape index (κ1) is 11.2. The topological polar surface area (TPSA) is 80.9 Å². The summed E-state index contributed by atoms with van der Waals surface area (Å²) < 4.78 is 0. The number of rotatable bonds is 3. The molecule has 1 amide bonds. The molecule has 0 radical (unpaired) electrons. The van der Waals surface area contributed by atoms with E-state index in [1.165, 1.54) is 24.6 Å². The van der Waals surface area contributed by atoms with Crippen LogP contribution in [0, 0.1) is 5.92 Å². The van der Waals surface area contributed by atoms with Crippen LogP contribution in [-0.4, -0.2) is 33.9 Å². The van der Waals surface area contributed by atoms with Gasteiger partial charge in [-0.1, -0.05) is 0 Å². The minimum atomic E-state index is -0.176. The fraction of sp³-hybridized carbons (Fsp3) is 0.500. The van der Waals surface area contributed by atoms with E-state index >= 15 is 0 Å². The van der Waals surface area contributed by atoms with Gasteiger partial charge in [0.1, 0.15) is 11.5 Å². The van der Waals surface area contributed by atoms with E-state index in [9.17, 15) is 4.79 Å². The molecular formula is C10H14N4OS. The van der Waals surface area contributed by atoms with E-state index < -0.39 is 0 Å². The van der Waals surface area contributed by atoms with Crippen LogP contribution in [-0.2, 0) is 0 Å². The number of nitrogens with one attached hydrogen (secondary N) is 1. The lowest BCUT2D eigenvalue weighted by molar-refractivity contribution is 0.0943. The van der Waals surface area contributed by atoms with Gasteiger partial charge >= 0.3 is 0 Å². The maximum Gasteiger partial charge on any atom is 0.271 e. The normalized spacial score (nSPS) is 19.6. The summed E-state index contributed by atoms with van der Waals surface area (Å²) in [6.07, 6.45) is 3.97. The van der Waals surface area contributed by atoms with Crippen LogP contribution in [0.15, 0.2) is 12.4 Å². The van der Waals surface area contributed by atoms with Crippen molar-refractivity contribution in [1.82, 2.24) is 15.3 Å².